The second-order valence-corrected chi connectivity index (χ2v) is 7.22. The minimum absolute atomic E-state index is 0.0339. The van der Waals surface area contributed by atoms with Crippen LogP contribution in [0.25, 0.3) is 0 Å². The maximum atomic E-state index is 13.9. The molecular formula is C18H16F5N5O2. The van der Waals surface area contributed by atoms with Crippen LogP contribution in [0, 0.1) is 11.6 Å². The summed E-state index contributed by atoms with van der Waals surface area (Å²) < 4.78 is 67.6. The predicted molar refractivity (Wildman–Crippen MR) is 92.6 cm³/mol. The molecule has 4 rings (SSSR count). The van der Waals surface area contributed by atoms with Gasteiger partial charge in [0.15, 0.2) is 0 Å². The van der Waals surface area contributed by atoms with Gasteiger partial charge in [0.05, 0.1) is 5.69 Å². The molecule has 1 aromatic carbocycles. The molecule has 2 atom stereocenters. The number of rotatable bonds is 2. The molecule has 2 amide bonds. The molecule has 0 radical (unpaired) electrons. The molecule has 3 heterocycles. The van der Waals surface area contributed by atoms with Crippen LogP contribution in [0.4, 0.5) is 27.6 Å². The Balaban J connectivity index is 1.52. The van der Waals surface area contributed by atoms with E-state index in [2.05, 4.69) is 20.7 Å². The van der Waals surface area contributed by atoms with E-state index in [0.717, 1.165) is 6.07 Å². The number of amides is 2. The van der Waals surface area contributed by atoms with E-state index in [0.29, 0.717) is 10.7 Å². The number of carbonyl (C=O) groups is 2. The topological polar surface area (TPSA) is 88.9 Å². The fraction of sp³-hybridized carbons (Fsp3) is 0.444. The van der Waals surface area contributed by atoms with Gasteiger partial charge in [0.25, 0.3) is 5.91 Å². The van der Waals surface area contributed by atoms with Crippen molar-refractivity contribution in [2.75, 3.05) is 5.32 Å². The molecule has 2 N–H and O–H groups in total. The number of nitrogens with zero attached hydrogens (tertiary/aromatic N) is 3. The van der Waals surface area contributed by atoms with Gasteiger partial charge in [-0.2, -0.15) is 13.2 Å². The van der Waals surface area contributed by atoms with E-state index >= 15 is 0 Å². The normalized spacial score (nSPS) is 21.3. The standard InChI is InChI=1S/C18H16F5N5O2/c19-9-6-8-4-5-11(16(29)26-14(8)10(20)7-9)24-17(30)15-25-13-3-1-2-12(18(21,22)23)28(13)27-15/h6-7,11-12H,1-5H2,(H,24,30)(H,26,29)/t11-,12-/m0/s1. The summed E-state index contributed by atoms with van der Waals surface area (Å²) >= 11 is 0. The van der Waals surface area contributed by atoms with Crippen LogP contribution in [0.5, 0.6) is 0 Å². The zero-order chi connectivity index (χ0) is 21.6. The van der Waals surface area contributed by atoms with Crippen molar-refractivity contribution in [1.82, 2.24) is 20.1 Å². The van der Waals surface area contributed by atoms with Gasteiger partial charge < -0.3 is 10.6 Å². The second-order valence-electron chi connectivity index (χ2n) is 7.22. The van der Waals surface area contributed by atoms with Crippen molar-refractivity contribution in [2.45, 2.75) is 50.4 Å². The van der Waals surface area contributed by atoms with E-state index in [-0.39, 0.29) is 49.2 Å². The van der Waals surface area contributed by atoms with Crippen molar-refractivity contribution >= 4 is 17.5 Å². The third-order valence-electron chi connectivity index (χ3n) is 5.17. The summed E-state index contributed by atoms with van der Waals surface area (Å²) in [6.07, 6.45) is -4.05. The van der Waals surface area contributed by atoms with E-state index in [9.17, 15) is 31.5 Å². The Morgan fingerprint density at radius 2 is 1.97 bits per heavy atom. The number of alkyl halides is 3. The lowest BCUT2D eigenvalue weighted by Crippen LogP contribution is -2.43. The number of hydrogen-bond donors (Lipinski definition) is 2. The Kier molecular flexibility index (Phi) is 4.94. The highest BCUT2D eigenvalue weighted by Gasteiger charge is 2.44. The van der Waals surface area contributed by atoms with Gasteiger partial charge >= 0.3 is 6.18 Å². The first-order valence-corrected chi connectivity index (χ1v) is 9.25. The first kappa shape index (κ1) is 20.2. The lowest BCUT2D eigenvalue weighted by atomic mass is 10.1. The fourth-order valence-corrected chi connectivity index (χ4v) is 3.72. The number of benzene rings is 1. The van der Waals surface area contributed by atoms with Gasteiger partial charge in [-0.3, -0.25) is 9.59 Å². The Morgan fingerprint density at radius 3 is 2.70 bits per heavy atom. The van der Waals surface area contributed by atoms with Gasteiger partial charge in [-0.15, -0.1) is 5.10 Å². The summed E-state index contributed by atoms with van der Waals surface area (Å²) in [5.41, 5.74) is 0.0722. The molecule has 0 bridgehead atoms. The molecule has 12 heteroatoms. The monoisotopic (exact) mass is 429 g/mol. The summed E-state index contributed by atoms with van der Waals surface area (Å²) in [7, 11) is 0. The van der Waals surface area contributed by atoms with Crippen molar-refractivity contribution in [3.8, 4) is 0 Å². The average Bonchev–Trinajstić information content (AvgIpc) is 3.04. The zero-order valence-corrected chi connectivity index (χ0v) is 15.4. The number of anilines is 1. The van der Waals surface area contributed by atoms with Crippen molar-refractivity contribution in [2.24, 2.45) is 0 Å². The van der Waals surface area contributed by atoms with Crippen LogP contribution in [0.1, 0.15) is 47.3 Å². The molecule has 0 saturated heterocycles. The number of fused-ring (bicyclic) bond motifs is 2. The van der Waals surface area contributed by atoms with Crippen LogP contribution >= 0.6 is 0 Å². The second kappa shape index (κ2) is 7.33. The highest BCUT2D eigenvalue weighted by Crippen LogP contribution is 2.37. The molecule has 1 aromatic heterocycles. The molecule has 0 fully saturated rings. The Bertz CT molecular complexity index is 1020. The molecule has 0 saturated carbocycles. The number of hydrogen-bond acceptors (Lipinski definition) is 4. The van der Waals surface area contributed by atoms with E-state index in [1.165, 1.54) is 0 Å². The smallest absolute Gasteiger partial charge is 0.337 e. The van der Waals surface area contributed by atoms with Gasteiger partial charge in [0.1, 0.15) is 29.5 Å². The molecular weight excluding hydrogens is 413 g/mol. The highest BCUT2D eigenvalue weighted by atomic mass is 19.4. The number of carbonyl (C=O) groups excluding carboxylic acids is 2. The van der Waals surface area contributed by atoms with E-state index in [1.807, 2.05) is 0 Å². The number of aromatic nitrogens is 3. The molecule has 2 aliphatic rings. The summed E-state index contributed by atoms with van der Waals surface area (Å²) in [5.74, 6) is -3.82. The first-order chi connectivity index (χ1) is 14.1. The van der Waals surface area contributed by atoms with Crippen LogP contribution < -0.4 is 10.6 Å². The third-order valence-corrected chi connectivity index (χ3v) is 5.17. The van der Waals surface area contributed by atoms with Crippen LogP contribution in [-0.2, 0) is 17.6 Å². The Morgan fingerprint density at radius 1 is 1.20 bits per heavy atom. The van der Waals surface area contributed by atoms with Crippen molar-refractivity contribution in [1.29, 1.82) is 0 Å². The lowest BCUT2D eigenvalue weighted by Gasteiger charge is -2.25. The molecule has 2 aromatic rings. The maximum Gasteiger partial charge on any atom is 0.410 e. The fourth-order valence-electron chi connectivity index (χ4n) is 3.72. The third kappa shape index (κ3) is 3.73. The summed E-state index contributed by atoms with van der Waals surface area (Å²) in [6.45, 7) is 0. The lowest BCUT2D eigenvalue weighted by molar-refractivity contribution is -0.174. The number of nitrogens with one attached hydrogen (secondary N) is 2. The summed E-state index contributed by atoms with van der Waals surface area (Å²) in [6, 6.07) is -1.25. The van der Waals surface area contributed by atoms with Crippen molar-refractivity contribution < 1.29 is 31.5 Å². The number of aryl methyl sites for hydroxylation is 2. The van der Waals surface area contributed by atoms with Crippen LogP contribution in [0.2, 0.25) is 0 Å². The minimum Gasteiger partial charge on any atom is -0.337 e. The molecule has 0 unspecified atom stereocenters. The Labute approximate surface area is 166 Å². The molecule has 2 aliphatic heterocycles. The highest BCUT2D eigenvalue weighted by molar-refractivity contribution is 6.00. The predicted octanol–water partition coefficient (Wildman–Crippen LogP) is 2.68. The van der Waals surface area contributed by atoms with Gasteiger partial charge in [-0.25, -0.2) is 18.4 Å². The van der Waals surface area contributed by atoms with Gasteiger partial charge in [0.2, 0.25) is 11.7 Å². The van der Waals surface area contributed by atoms with Gasteiger partial charge in [-0.05, 0) is 37.3 Å². The molecule has 0 spiro atoms. The van der Waals surface area contributed by atoms with Gasteiger partial charge in [0, 0.05) is 12.5 Å². The zero-order valence-electron chi connectivity index (χ0n) is 15.4. The van der Waals surface area contributed by atoms with Crippen molar-refractivity contribution in [3.63, 3.8) is 0 Å². The van der Waals surface area contributed by atoms with Crippen molar-refractivity contribution in [3.05, 3.63) is 41.0 Å². The van der Waals surface area contributed by atoms with E-state index < -0.39 is 47.5 Å². The van der Waals surface area contributed by atoms with E-state index in [4.69, 9.17) is 0 Å². The summed E-state index contributed by atoms with van der Waals surface area (Å²) in [5, 5.41) is 8.39. The average molecular weight is 429 g/mol. The largest absolute Gasteiger partial charge is 0.410 e. The van der Waals surface area contributed by atoms with Crippen LogP contribution in [0.3, 0.4) is 0 Å². The molecule has 0 aliphatic carbocycles. The quantitative estimate of drug-likeness (QED) is 0.719. The summed E-state index contributed by atoms with van der Waals surface area (Å²) in [4.78, 5) is 28.8. The molecule has 160 valence electrons. The Hall–Kier alpha value is -3.05. The minimum atomic E-state index is -4.52. The SMILES string of the molecule is O=C(N[C@H]1CCc2cc(F)cc(F)c2NC1=O)c1nc2n(n1)[C@H](C(F)(F)F)CCC2. The van der Waals surface area contributed by atoms with Crippen LogP contribution in [-0.4, -0.2) is 38.8 Å². The first-order valence-electron chi connectivity index (χ1n) is 9.25. The number of halogens is 5. The van der Waals surface area contributed by atoms with Crippen LogP contribution in [0.15, 0.2) is 12.1 Å². The maximum absolute atomic E-state index is 13.9. The van der Waals surface area contributed by atoms with Gasteiger partial charge in [-0.1, -0.05) is 0 Å². The molecule has 7 nitrogen and oxygen atoms in total. The molecule has 30 heavy (non-hydrogen) atoms. The van der Waals surface area contributed by atoms with E-state index in [1.54, 1.807) is 0 Å².